The normalized spacial score (nSPS) is 26.8. The minimum Gasteiger partial charge on any atom is -0.369 e. The Hall–Kier alpha value is -1.55. The van der Waals surface area contributed by atoms with Gasteiger partial charge in [-0.3, -0.25) is 9.69 Å². The third-order valence-corrected chi connectivity index (χ3v) is 5.80. The lowest BCUT2D eigenvalue weighted by atomic mass is 9.86. The molecule has 2 aliphatic rings. The molecule has 4 heteroatoms. The second kappa shape index (κ2) is 8.02. The molecule has 1 aliphatic carbocycles. The molecule has 1 N–H and O–H groups in total. The van der Waals surface area contributed by atoms with Gasteiger partial charge in [-0.25, -0.2) is 0 Å². The maximum absolute atomic E-state index is 12.6. The van der Waals surface area contributed by atoms with Gasteiger partial charge in [0.2, 0.25) is 5.91 Å². The van der Waals surface area contributed by atoms with Crippen LogP contribution in [0.4, 0.5) is 5.69 Å². The first-order chi connectivity index (χ1) is 11.6. The van der Waals surface area contributed by atoms with Crippen LogP contribution in [0.25, 0.3) is 0 Å². The quantitative estimate of drug-likeness (QED) is 0.922. The average molecular weight is 329 g/mol. The number of anilines is 1. The molecular weight excluding hydrogens is 298 g/mol. The Morgan fingerprint density at radius 1 is 1.08 bits per heavy atom. The van der Waals surface area contributed by atoms with Crippen molar-refractivity contribution < 1.29 is 4.79 Å². The molecule has 0 spiro atoms. The lowest BCUT2D eigenvalue weighted by molar-refractivity contribution is -0.127. The van der Waals surface area contributed by atoms with Crippen LogP contribution >= 0.6 is 0 Å². The van der Waals surface area contributed by atoms with Gasteiger partial charge in [0.15, 0.2) is 0 Å². The number of piperazine rings is 1. The number of carbonyl (C=O) groups excluding carboxylic acids is 1. The fraction of sp³-hybridized carbons (Fsp3) is 0.650. The monoisotopic (exact) mass is 329 g/mol. The summed E-state index contributed by atoms with van der Waals surface area (Å²) in [6.45, 7) is 8.20. The van der Waals surface area contributed by atoms with Crippen LogP contribution in [-0.4, -0.2) is 49.1 Å². The highest BCUT2D eigenvalue weighted by Crippen LogP contribution is 2.24. The molecule has 1 aliphatic heterocycles. The van der Waals surface area contributed by atoms with Crippen LogP contribution in [0, 0.1) is 5.92 Å². The SMILES string of the molecule is CC1CCCCC1NC(=O)C(C)N1CCN(c2ccccc2)CC1. The number of hydrogen-bond acceptors (Lipinski definition) is 3. The van der Waals surface area contributed by atoms with Crippen molar-refractivity contribution in [3.63, 3.8) is 0 Å². The van der Waals surface area contributed by atoms with E-state index in [1.54, 1.807) is 0 Å². The largest absolute Gasteiger partial charge is 0.369 e. The molecule has 1 saturated heterocycles. The molecule has 24 heavy (non-hydrogen) atoms. The minimum atomic E-state index is -0.0305. The van der Waals surface area contributed by atoms with E-state index in [-0.39, 0.29) is 11.9 Å². The molecule has 3 rings (SSSR count). The summed E-state index contributed by atoms with van der Waals surface area (Å²) < 4.78 is 0. The van der Waals surface area contributed by atoms with E-state index in [0.717, 1.165) is 32.6 Å². The maximum atomic E-state index is 12.6. The zero-order chi connectivity index (χ0) is 16.9. The zero-order valence-corrected chi connectivity index (χ0v) is 15.1. The van der Waals surface area contributed by atoms with Gasteiger partial charge >= 0.3 is 0 Å². The predicted octanol–water partition coefficient (Wildman–Crippen LogP) is 2.89. The molecule has 0 aromatic heterocycles. The topological polar surface area (TPSA) is 35.6 Å². The van der Waals surface area contributed by atoms with Gasteiger partial charge in [-0.15, -0.1) is 0 Å². The van der Waals surface area contributed by atoms with Gasteiger partial charge in [0.1, 0.15) is 0 Å². The molecule has 0 bridgehead atoms. The van der Waals surface area contributed by atoms with Crippen molar-refractivity contribution in [2.75, 3.05) is 31.1 Å². The van der Waals surface area contributed by atoms with E-state index < -0.39 is 0 Å². The Morgan fingerprint density at radius 3 is 2.42 bits per heavy atom. The highest BCUT2D eigenvalue weighted by molar-refractivity contribution is 5.81. The fourth-order valence-electron chi connectivity index (χ4n) is 4.01. The van der Waals surface area contributed by atoms with Gasteiger partial charge in [0.05, 0.1) is 6.04 Å². The summed E-state index contributed by atoms with van der Waals surface area (Å²) in [5.74, 6) is 0.826. The van der Waals surface area contributed by atoms with Crippen LogP contribution in [0.1, 0.15) is 39.5 Å². The van der Waals surface area contributed by atoms with Crippen molar-refractivity contribution in [1.82, 2.24) is 10.2 Å². The number of nitrogens with one attached hydrogen (secondary N) is 1. The lowest BCUT2D eigenvalue weighted by Crippen LogP contribution is -2.55. The van der Waals surface area contributed by atoms with Crippen LogP contribution < -0.4 is 10.2 Å². The number of benzene rings is 1. The minimum absolute atomic E-state index is 0.0305. The number of rotatable bonds is 4. The van der Waals surface area contributed by atoms with Crippen LogP contribution in [-0.2, 0) is 4.79 Å². The van der Waals surface area contributed by atoms with E-state index in [1.807, 2.05) is 0 Å². The van der Waals surface area contributed by atoms with Crippen molar-refractivity contribution in [2.24, 2.45) is 5.92 Å². The van der Waals surface area contributed by atoms with Crippen LogP contribution in [0.2, 0.25) is 0 Å². The van der Waals surface area contributed by atoms with E-state index in [0.29, 0.717) is 12.0 Å². The summed E-state index contributed by atoms with van der Waals surface area (Å²) >= 11 is 0. The van der Waals surface area contributed by atoms with Gasteiger partial charge in [-0.1, -0.05) is 38.0 Å². The molecule has 1 aromatic rings. The molecule has 1 aromatic carbocycles. The molecule has 4 nitrogen and oxygen atoms in total. The second-order valence-electron chi connectivity index (χ2n) is 7.41. The maximum Gasteiger partial charge on any atom is 0.237 e. The summed E-state index contributed by atoms with van der Waals surface area (Å²) in [6, 6.07) is 10.9. The van der Waals surface area contributed by atoms with E-state index in [2.05, 4.69) is 59.3 Å². The first-order valence-corrected chi connectivity index (χ1v) is 9.49. The van der Waals surface area contributed by atoms with Crippen molar-refractivity contribution in [1.29, 1.82) is 0 Å². The number of nitrogens with zero attached hydrogens (tertiary/aromatic N) is 2. The summed E-state index contributed by atoms with van der Waals surface area (Å²) in [4.78, 5) is 17.4. The van der Waals surface area contributed by atoms with E-state index in [9.17, 15) is 4.79 Å². The third-order valence-electron chi connectivity index (χ3n) is 5.80. The molecule has 0 radical (unpaired) electrons. The number of amides is 1. The Morgan fingerprint density at radius 2 is 1.75 bits per heavy atom. The van der Waals surface area contributed by atoms with Crippen molar-refractivity contribution in [3.05, 3.63) is 30.3 Å². The van der Waals surface area contributed by atoms with Crippen LogP contribution in [0.15, 0.2) is 30.3 Å². The number of hydrogen-bond donors (Lipinski definition) is 1. The fourth-order valence-corrected chi connectivity index (χ4v) is 4.01. The molecule has 3 unspecified atom stereocenters. The van der Waals surface area contributed by atoms with Crippen LogP contribution in [0.5, 0.6) is 0 Å². The van der Waals surface area contributed by atoms with Gasteiger partial charge in [0, 0.05) is 37.9 Å². The average Bonchev–Trinajstić information content (AvgIpc) is 2.64. The van der Waals surface area contributed by atoms with E-state index in [1.165, 1.54) is 24.9 Å². The number of carbonyl (C=O) groups is 1. The van der Waals surface area contributed by atoms with Gasteiger partial charge in [-0.2, -0.15) is 0 Å². The summed E-state index contributed by atoms with van der Waals surface area (Å²) in [7, 11) is 0. The van der Waals surface area contributed by atoms with Crippen molar-refractivity contribution >= 4 is 11.6 Å². The highest BCUT2D eigenvalue weighted by atomic mass is 16.2. The molecule has 1 amide bonds. The van der Waals surface area contributed by atoms with Gasteiger partial charge < -0.3 is 10.2 Å². The van der Waals surface area contributed by atoms with Crippen LogP contribution in [0.3, 0.4) is 0 Å². The summed E-state index contributed by atoms with van der Waals surface area (Å²) in [6.07, 6.45) is 4.94. The summed E-state index contributed by atoms with van der Waals surface area (Å²) in [5.41, 5.74) is 1.28. The Kier molecular flexibility index (Phi) is 5.77. The smallest absolute Gasteiger partial charge is 0.237 e. The van der Waals surface area contributed by atoms with E-state index >= 15 is 0 Å². The third kappa shape index (κ3) is 4.10. The molecule has 3 atom stereocenters. The predicted molar refractivity (Wildman–Crippen MR) is 99.3 cm³/mol. The van der Waals surface area contributed by atoms with Crippen molar-refractivity contribution in [3.8, 4) is 0 Å². The van der Waals surface area contributed by atoms with Gasteiger partial charge in [0.25, 0.3) is 0 Å². The molecule has 1 heterocycles. The standard InChI is InChI=1S/C20H31N3O/c1-16-8-6-7-11-19(16)21-20(24)17(2)22-12-14-23(15-13-22)18-9-4-3-5-10-18/h3-5,9-10,16-17,19H,6-8,11-15H2,1-2H3,(H,21,24). The highest BCUT2D eigenvalue weighted by Gasteiger charge is 2.29. The molecule has 1 saturated carbocycles. The Labute approximate surface area is 146 Å². The molecular formula is C20H31N3O. The Bertz CT molecular complexity index is 525. The van der Waals surface area contributed by atoms with Gasteiger partial charge in [-0.05, 0) is 37.8 Å². The number of para-hydroxylation sites is 1. The molecule has 2 fully saturated rings. The first kappa shape index (κ1) is 17.3. The molecule has 132 valence electrons. The first-order valence-electron chi connectivity index (χ1n) is 9.49. The van der Waals surface area contributed by atoms with E-state index in [4.69, 9.17) is 0 Å². The second-order valence-corrected chi connectivity index (χ2v) is 7.41. The summed E-state index contributed by atoms with van der Waals surface area (Å²) in [5, 5.41) is 3.31. The van der Waals surface area contributed by atoms with Crippen molar-refractivity contribution in [2.45, 2.75) is 51.6 Å². The Balaban J connectivity index is 1.49. The zero-order valence-electron chi connectivity index (χ0n) is 15.1. The lowest BCUT2D eigenvalue weighted by Gasteiger charge is -2.39.